The van der Waals surface area contributed by atoms with E-state index in [1.54, 1.807) is 6.33 Å². The molecular formula is C20H25N3. The summed E-state index contributed by atoms with van der Waals surface area (Å²) in [6.45, 7) is 5.02. The second kappa shape index (κ2) is 6.40. The molecule has 3 heteroatoms. The lowest BCUT2D eigenvalue weighted by Gasteiger charge is -2.39. The van der Waals surface area contributed by atoms with Crippen molar-refractivity contribution in [3.8, 4) is 11.1 Å². The van der Waals surface area contributed by atoms with E-state index in [1.807, 2.05) is 12.4 Å². The van der Waals surface area contributed by atoms with E-state index in [0.29, 0.717) is 0 Å². The van der Waals surface area contributed by atoms with Crippen molar-refractivity contribution in [2.75, 3.05) is 13.1 Å². The molecule has 1 atom stereocenters. The topological polar surface area (TPSA) is 29.0 Å². The first-order valence-corrected chi connectivity index (χ1v) is 8.89. The van der Waals surface area contributed by atoms with E-state index in [9.17, 15) is 0 Å². The van der Waals surface area contributed by atoms with Gasteiger partial charge in [0.05, 0.1) is 0 Å². The summed E-state index contributed by atoms with van der Waals surface area (Å²) in [7, 11) is 0. The zero-order valence-corrected chi connectivity index (χ0v) is 13.9. The summed E-state index contributed by atoms with van der Waals surface area (Å²) in [5.41, 5.74) is 3.79. The zero-order valence-electron chi connectivity index (χ0n) is 13.9. The molecule has 2 fully saturated rings. The average molecular weight is 307 g/mol. The highest BCUT2D eigenvalue weighted by Gasteiger charge is 2.33. The van der Waals surface area contributed by atoms with Gasteiger partial charge in [0.2, 0.25) is 0 Å². The van der Waals surface area contributed by atoms with E-state index in [2.05, 4.69) is 46.1 Å². The molecule has 1 saturated carbocycles. The molecule has 2 aliphatic rings. The summed E-state index contributed by atoms with van der Waals surface area (Å²) in [6, 6.07) is 9.82. The van der Waals surface area contributed by atoms with Crippen LogP contribution in [0.15, 0.2) is 43.0 Å². The molecule has 0 amide bonds. The minimum Gasteiger partial charge on any atom is -0.300 e. The molecule has 0 spiro atoms. The maximum absolute atomic E-state index is 4.09. The molecule has 2 aromatic rings. The third-order valence-corrected chi connectivity index (χ3v) is 5.69. The monoisotopic (exact) mass is 307 g/mol. The third-order valence-electron chi connectivity index (χ3n) is 5.69. The van der Waals surface area contributed by atoms with Crippen molar-refractivity contribution in [2.24, 2.45) is 5.92 Å². The van der Waals surface area contributed by atoms with Crippen LogP contribution in [0.5, 0.6) is 0 Å². The summed E-state index contributed by atoms with van der Waals surface area (Å²) < 4.78 is 0. The van der Waals surface area contributed by atoms with E-state index in [-0.39, 0.29) is 0 Å². The maximum Gasteiger partial charge on any atom is 0.115 e. The minimum atomic E-state index is 0.763. The second-order valence-electron chi connectivity index (χ2n) is 7.27. The Morgan fingerprint density at radius 2 is 1.78 bits per heavy atom. The largest absolute Gasteiger partial charge is 0.300 e. The normalized spacial score (nSPS) is 27.8. The van der Waals surface area contributed by atoms with Gasteiger partial charge in [-0.05, 0) is 62.1 Å². The number of benzene rings is 1. The first-order valence-electron chi connectivity index (χ1n) is 8.89. The average Bonchev–Trinajstić information content (AvgIpc) is 2.97. The quantitative estimate of drug-likeness (QED) is 0.851. The first-order chi connectivity index (χ1) is 11.3. The second-order valence-corrected chi connectivity index (χ2v) is 7.27. The third kappa shape index (κ3) is 3.16. The lowest BCUT2D eigenvalue weighted by molar-refractivity contribution is 0.154. The molecule has 0 radical (unpaired) electrons. The Hall–Kier alpha value is -1.74. The highest BCUT2D eigenvalue weighted by atomic mass is 15.2. The van der Waals surface area contributed by atoms with E-state index in [1.165, 1.54) is 49.9 Å². The molecule has 1 aliphatic carbocycles. The van der Waals surface area contributed by atoms with Crippen molar-refractivity contribution in [1.82, 2.24) is 14.9 Å². The predicted octanol–water partition coefficient (Wildman–Crippen LogP) is 4.12. The van der Waals surface area contributed by atoms with Crippen LogP contribution in [0, 0.1) is 5.92 Å². The van der Waals surface area contributed by atoms with Gasteiger partial charge in [0.1, 0.15) is 6.33 Å². The summed E-state index contributed by atoms with van der Waals surface area (Å²) >= 11 is 0. The molecule has 1 aromatic heterocycles. The fourth-order valence-corrected chi connectivity index (χ4v) is 4.15. The lowest BCUT2D eigenvalue weighted by Crippen LogP contribution is -2.37. The van der Waals surface area contributed by atoms with Crippen molar-refractivity contribution in [3.63, 3.8) is 0 Å². The van der Waals surface area contributed by atoms with Crippen molar-refractivity contribution in [3.05, 3.63) is 48.5 Å². The summed E-state index contributed by atoms with van der Waals surface area (Å²) in [5, 5.41) is 0. The van der Waals surface area contributed by atoms with Gasteiger partial charge < -0.3 is 4.90 Å². The Labute approximate surface area is 138 Å². The molecule has 3 nitrogen and oxygen atoms in total. The molecule has 120 valence electrons. The molecule has 2 heterocycles. The summed E-state index contributed by atoms with van der Waals surface area (Å²) in [4.78, 5) is 10.9. The first kappa shape index (κ1) is 14.8. The number of nitrogens with zero attached hydrogens (tertiary/aromatic N) is 3. The van der Waals surface area contributed by atoms with Gasteiger partial charge in [0.15, 0.2) is 0 Å². The van der Waals surface area contributed by atoms with Crippen molar-refractivity contribution in [1.29, 1.82) is 0 Å². The van der Waals surface area contributed by atoms with Gasteiger partial charge in [-0.15, -0.1) is 0 Å². The molecule has 1 unspecified atom stereocenters. The zero-order chi connectivity index (χ0) is 15.6. The van der Waals surface area contributed by atoms with E-state index < -0.39 is 0 Å². The van der Waals surface area contributed by atoms with E-state index in [0.717, 1.165) is 23.4 Å². The highest BCUT2D eigenvalue weighted by molar-refractivity contribution is 5.61. The van der Waals surface area contributed by atoms with Crippen LogP contribution in [-0.4, -0.2) is 34.0 Å². The fourth-order valence-electron chi connectivity index (χ4n) is 4.15. The number of likely N-dealkylation sites (tertiary alicyclic amines) is 1. The molecule has 0 N–H and O–H groups in total. The van der Waals surface area contributed by atoms with Gasteiger partial charge in [-0.2, -0.15) is 0 Å². The molecule has 4 rings (SSSR count). The molecule has 23 heavy (non-hydrogen) atoms. The Bertz CT molecular complexity index is 632. The lowest BCUT2D eigenvalue weighted by atomic mass is 9.71. The summed E-state index contributed by atoms with van der Waals surface area (Å²) in [5.74, 6) is 1.67. The highest BCUT2D eigenvalue weighted by Crippen LogP contribution is 2.42. The molecule has 1 aromatic carbocycles. The number of hydrogen-bond donors (Lipinski definition) is 0. The van der Waals surface area contributed by atoms with Gasteiger partial charge >= 0.3 is 0 Å². The van der Waals surface area contributed by atoms with Crippen molar-refractivity contribution < 1.29 is 0 Å². The van der Waals surface area contributed by atoms with Gasteiger partial charge in [0, 0.05) is 30.5 Å². The van der Waals surface area contributed by atoms with Gasteiger partial charge in [0.25, 0.3) is 0 Å². The van der Waals surface area contributed by atoms with Crippen LogP contribution in [0.4, 0.5) is 0 Å². The van der Waals surface area contributed by atoms with Crippen molar-refractivity contribution in [2.45, 2.75) is 44.6 Å². The molecular weight excluding hydrogens is 282 g/mol. The summed E-state index contributed by atoms with van der Waals surface area (Å²) in [6.07, 6.45) is 10.8. The standard InChI is InChI=1S/C20H25N3/c1-15-3-2-8-23(15)13-16-9-19(10-16)17-4-6-18(7-5-17)20-11-21-14-22-12-20/h4-7,11-12,14-16,19H,2-3,8-10,13H2,1H3/t15?,16-,19+. The van der Waals surface area contributed by atoms with Crippen molar-refractivity contribution >= 4 is 0 Å². The van der Waals surface area contributed by atoms with E-state index in [4.69, 9.17) is 0 Å². The smallest absolute Gasteiger partial charge is 0.115 e. The van der Waals surface area contributed by atoms with Crippen LogP contribution in [0.1, 0.15) is 44.1 Å². The minimum absolute atomic E-state index is 0.763. The van der Waals surface area contributed by atoms with Crippen LogP contribution in [-0.2, 0) is 0 Å². The van der Waals surface area contributed by atoms with Crippen LogP contribution >= 0.6 is 0 Å². The van der Waals surface area contributed by atoms with Crippen LogP contribution in [0.2, 0.25) is 0 Å². The Morgan fingerprint density at radius 3 is 2.43 bits per heavy atom. The number of rotatable bonds is 4. The molecule has 1 saturated heterocycles. The molecule has 0 bridgehead atoms. The fraction of sp³-hybridized carbons (Fsp3) is 0.500. The Morgan fingerprint density at radius 1 is 1.04 bits per heavy atom. The van der Waals surface area contributed by atoms with Crippen LogP contribution in [0.3, 0.4) is 0 Å². The number of hydrogen-bond acceptors (Lipinski definition) is 3. The van der Waals surface area contributed by atoms with Crippen LogP contribution < -0.4 is 0 Å². The maximum atomic E-state index is 4.09. The Balaban J connectivity index is 1.34. The van der Waals surface area contributed by atoms with Gasteiger partial charge in [-0.3, -0.25) is 0 Å². The van der Waals surface area contributed by atoms with Gasteiger partial charge in [-0.25, -0.2) is 9.97 Å². The van der Waals surface area contributed by atoms with Gasteiger partial charge in [-0.1, -0.05) is 24.3 Å². The SMILES string of the molecule is CC1CCCN1C[C@H]1C[C@@H](c2ccc(-c3cncnc3)cc2)C1. The molecule has 1 aliphatic heterocycles. The van der Waals surface area contributed by atoms with Crippen LogP contribution in [0.25, 0.3) is 11.1 Å². The van der Waals surface area contributed by atoms with E-state index >= 15 is 0 Å². The Kier molecular flexibility index (Phi) is 4.13. The predicted molar refractivity (Wildman–Crippen MR) is 93.2 cm³/mol. The number of aromatic nitrogens is 2.